The fraction of sp³-hybridized carbons (Fsp3) is 0.500. The second-order valence-corrected chi connectivity index (χ2v) is 5.12. The van der Waals surface area contributed by atoms with Gasteiger partial charge in [-0.05, 0) is 38.4 Å². The van der Waals surface area contributed by atoms with Gasteiger partial charge in [0.05, 0.1) is 4.92 Å². The first-order chi connectivity index (χ1) is 9.52. The minimum absolute atomic E-state index is 0.115. The molecule has 6 nitrogen and oxygen atoms in total. The lowest BCUT2D eigenvalue weighted by Crippen LogP contribution is -2.44. The van der Waals surface area contributed by atoms with Crippen LogP contribution in [0.3, 0.4) is 0 Å². The van der Waals surface area contributed by atoms with Crippen molar-refractivity contribution in [1.29, 1.82) is 0 Å². The van der Waals surface area contributed by atoms with Gasteiger partial charge >= 0.3 is 0 Å². The highest BCUT2D eigenvalue weighted by Gasteiger charge is 2.29. The van der Waals surface area contributed by atoms with Gasteiger partial charge < -0.3 is 10.2 Å². The van der Waals surface area contributed by atoms with Gasteiger partial charge in [-0.15, -0.1) is 0 Å². The van der Waals surface area contributed by atoms with Gasteiger partial charge in [-0.3, -0.25) is 14.9 Å². The SMILES string of the molecule is Cc1cccc([N+](=O)[O-])c1C(=O)N(C)C1CCNCC1. The summed E-state index contributed by atoms with van der Waals surface area (Å²) in [5.74, 6) is -0.262. The molecule has 0 aromatic heterocycles. The topological polar surface area (TPSA) is 75.5 Å². The number of benzene rings is 1. The van der Waals surface area contributed by atoms with Gasteiger partial charge in [0.1, 0.15) is 5.56 Å². The molecule has 0 atom stereocenters. The van der Waals surface area contributed by atoms with Crippen molar-refractivity contribution in [3.8, 4) is 0 Å². The molecule has 2 rings (SSSR count). The number of nitrogens with one attached hydrogen (secondary N) is 1. The number of carbonyl (C=O) groups excluding carboxylic acids is 1. The predicted molar refractivity (Wildman–Crippen MR) is 75.8 cm³/mol. The summed E-state index contributed by atoms with van der Waals surface area (Å²) in [6, 6.07) is 4.87. The third kappa shape index (κ3) is 2.80. The fourth-order valence-electron chi connectivity index (χ4n) is 2.62. The summed E-state index contributed by atoms with van der Waals surface area (Å²) < 4.78 is 0. The molecule has 0 bridgehead atoms. The van der Waals surface area contributed by atoms with Crippen LogP contribution in [0.4, 0.5) is 5.69 Å². The normalized spacial score (nSPS) is 15.9. The summed E-state index contributed by atoms with van der Waals surface area (Å²) in [4.78, 5) is 24.9. The van der Waals surface area contributed by atoms with Crippen molar-refractivity contribution < 1.29 is 9.72 Å². The first-order valence-corrected chi connectivity index (χ1v) is 6.74. The van der Waals surface area contributed by atoms with E-state index in [4.69, 9.17) is 0 Å². The van der Waals surface area contributed by atoms with Crippen molar-refractivity contribution in [2.24, 2.45) is 0 Å². The number of nitro benzene ring substituents is 1. The maximum atomic E-state index is 12.6. The molecule has 1 fully saturated rings. The van der Waals surface area contributed by atoms with Crippen molar-refractivity contribution in [3.05, 3.63) is 39.4 Å². The van der Waals surface area contributed by atoms with E-state index >= 15 is 0 Å². The first-order valence-electron chi connectivity index (χ1n) is 6.74. The Bertz CT molecular complexity index is 524. The van der Waals surface area contributed by atoms with Crippen LogP contribution in [0.2, 0.25) is 0 Å². The van der Waals surface area contributed by atoms with E-state index in [0.29, 0.717) is 5.56 Å². The van der Waals surface area contributed by atoms with E-state index in [-0.39, 0.29) is 23.2 Å². The maximum Gasteiger partial charge on any atom is 0.282 e. The summed E-state index contributed by atoms with van der Waals surface area (Å²) >= 11 is 0. The average Bonchev–Trinajstić information content (AvgIpc) is 2.46. The first kappa shape index (κ1) is 14.5. The van der Waals surface area contributed by atoms with Gasteiger partial charge in [0.25, 0.3) is 11.6 Å². The fourth-order valence-corrected chi connectivity index (χ4v) is 2.62. The van der Waals surface area contributed by atoms with Crippen LogP contribution in [0.1, 0.15) is 28.8 Å². The Labute approximate surface area is 117 Å². The molecule has 1 aromatic carbocycles. The number of carbonyl (C=O) groups is 1. The largest absolute Gasteiger partial charge is 0.338 e. The standard InChI is InChI=1S/C14H19N3O3/c1-10-4-3-5-12(17(19)20)13(10)14(18)16(2)11-6-8-15-9-7-11/h3-5,11,15H,6-9H2,1-2H3. The van der Waals surface area contributed by atoms with Gasteiger partial charge in [0, 0.05) is 19.2 Å². The maximum absolute atomic E-state index is 12.6. The number of nitrogens with zero attached hydrogens (tertiary/aromatic N) is 2. The van der Waals surface area contributed by atoms with Crippen molar-refractivity contribution in [3.63, 3.8) is 0 Å². The van der Waals surface area contributed by atoms with Crippen LogP contribution in [0.5, 0.6) is 0 Å². The summed E-state index contributed by atoms with van der Waals surface area (Å²) in [5.41, 5.74) is 0.735. The molecule has 0 radical (unpaired) electrons. The minimum atomic E-state index is -0.490. The van der Waals surface area contributed by atoms with E-state index in [0.717, 1.165) is 25.9 Å². The highest BCUT2D eigenvalue weighted by molar-refractivity contribution is 5.99. The molecule has 108 valence electrons. The Hall–Kier alpha value is -1.95. The van der Waals surface area contributed by atoms with E-state index in [9.17, 15) is 14.9 Å². The van der Waals surface area contributed by atoms with Gasteiger partial charge in [0.15, 0.2) is 0 Å². The summed E-state index contributed by atoms with van der Waals surface area (Å²) in [6.45, 7) is 3.48. The van der Waals surface area contributed by atoms with E-state index < -0.39 is 4.92 Å². The second kappa shape index (κ2) is 6.00. The van der Waals surface area contributed by atoms with Gasteiger partial charge in [-0.1, -0.05) is 12.1 Å². The molecule has 1 aliphatic heterocycles. The van der Waals surface area contributed by atoms with Crippen molar-refractivity contribution >= 4 is 11.6 Å². The molecule has 6 heteroatoms. The number of amides is 1. The molecule has 1 aromatic rings. The van der Waals surface area contributed by atoms with Crippen LogP contribution in [-0.4, -0.2) is 41.9 Å². The number of piperidine rings is 1. The highest BCUT2D eigenvalue weighted by Crippen LogP contribution is 2.25. The lowest BCUT2D eigenvalue weighted by Gasteiger charge is -2.31. The smallest absolute Gasteiger partial charge is 0.282 e. The Morgan fingerprint density at radius 2 is 2.05 bits per heavy atom. The number of hydrogen-bond donors (Lipinski definition) is 1. The van der Waals surface area contributed by atoms with Crippen LogP contribution in [-0.2, 0) is 0 Å². The van der Waals surface area contributed by atoms with Gasteiger partial charge in [-0.25, -0.2) is 0 Å². The number of aryl methyl sites for hydroxylation is 1. The molecule has 20 heavy (non-hydrogen) atoms. The minimum Gasteiger partial charge on any atom is -0.338 e. The van der Waals surface area contributed by atoms with Gasteiger partial charge in [-0.2, -0.15) is 0 Å². The van der Waals surface area contributed by atoms with Crippen LogP contribution in [0, 0.1) is 17.0 Å². The molecule has 0 unspecified atom stereocenters. The Morgan fingerprint density at radius 1 is 1.40 bits per heavy atom. The summed E-state index contributed by atoms with van der Waals surface area (Å²) in [5, 5.41) is 14.3. The Balaban J connectivity index is 2.30. The third-order valence-electron chi connectivity index (χ3n) is 3.84. The molecule has 0 saturated carbocycles. The molecular formula is C14H19N3O3. The zero-order valence-electron chi connectivity index (χ0n) is 11.8. The van der Waals surface area contributed by atoms with Crippen LogP contribution in [0.25, 0.3) is 0 Å². The van der Waals surface area contributed by atoms with Crippen LogP contribution in [0.15, 0.2) is 18.2 Å². The number of rotatable bonds is 3. The lowest BCUT2D eigenvalue weighted by atomic mass is 10.0. The van der Waals surface area contributed by atoms with Crippen molar-refractivity contribution in [2.75, 3.05) is 20.1 Å². The predicted octanol–water partition coefficient (Wildman–Crippen LogP) is 1.73. The molecule has 1 amide bonds. The number of nitro groups is 1. The average molecular weight is 277 g/mol. The van der Waals surface area contributed by atoms with Crippen molar-refractivity contribution in [2.45, 2.75) is 25.8 Å². The Morgan fingerprint density at radius 3 is 2.65 bits per heavy atom. The molecule has 1 N–H and O–H groups in total. The molecular weight excluding hydrogens is 258 g/mol. The zero-order chi connectivity index (χ0) is 14.7. The molecule has 1 saturated heterocycles. The van der Waals surface area contributed by atoms with Gasteiger partial charge in [0.2, 0.25) is 0 Å². The molecule has 1 aliphatic rings. The zero-order valence-corrected chi connectivity index (χ0v) is 11.8. The quantitative estimate of drug-likeness (QED) is 0.674. The van der Waals surface area contributed by atoms with Crippen molar-refractivity contribution in [1.82, 2.24) is 10.2 Å². The second-order valence-electron chi connectivity index (χ2n) is 5.12. The van der Waals surface area contributed by atoms with Crippen LogP contribution < -0.4 is 5.32 Å². The van der Waals surface area contributed by atoms with E-state index in [1.807, 2.05) is 0 Å². The van der Waals surface area contributed by atoms with E-state index in [2.05, 4.69) is 5.32 Å². The summed E-state index contributed by atoms with van der Waals surface area (Å²) in [6.07, 6.45) is 1.75. The Kier molecular flexibility index (Phi) is 4.34. The number of hydrogen-bond acceptors (Lipinski definition) is 4. The third-order valence-corrected chi connectivity index (χ3v) is 3.84. The summed E-state index contributed by atoms with van der Waals surface area (Å²) in [7, 11) is 1.73. The lowest BCUT2D eigenvalue weighted by molar-refractivity contribution is -0.385. The highest BCUT2D eigenvalue weighted by atomic mass is 16.6. The van der Waals surface area contributed by atoms with Crippen LogP contribution >= 0.6 is 0 Å². The molecule has 1 heterocycles. The van der Waals surface area contributed by atoms with E-state index in [1.165, 1.54) is 6.07 Å². The molecule has 0 spiro atoms. The molecule has 0 aliphatic carbocycles. The monoisotopic (exact) mass is 277 g/mol. The van der Waals surface area contributed by atoms with E-state index in [1.54, 1.807) is 31.0 Å².